The number of hydrogen-bond acceptors (Lipinski definition) is 4. The van der Waals surface area contributed by atoms with E-state index < -0.39 is 9.84 Å². The largest absolute Gasteiger partial charge is 0.463 e. The number of rotatable bonds is 4. The molecule has 1 heterocycles. The van der Waals surface area contributed by atoms with Gasteiger partial charge in [-0.25, -0.2) is 8.42 Å². The summed E-state index contributed by atoms with van der Waals surface area (Å²) >= 11 is 0. The molecule has 1 rings (SSSR count). The van der Waals surface area contributed by atoms with Gasteiger partial charge in [-0.05, 0) is 34.1 Å². The fraction of sp³-hybridized carbons (Fsp3) is 1.00. The lowest BCUT2D eigenvalue weighted by Crippen LogP contribution is -2.41. The van der Waals surface area contributed by atoms with Gasteiger partial charge in [0.2, 0.25) is 0 Å². The van der Waals surface area contributed by atoms with Crippen LogP contribution in [0.25, 0.3) is 0 Å². The lowest BCUT2D eigenvalue weighted by molar-refractivity contribution is 0.00578. The Kier molecular flexibility index (Phi) is 3.99. The molecule has 0 spiro atoms. The van der Waals surface area contributed by atoms with Gasteiger partial charge in [0.1, 0.15) is 9.84 Å². The summed E-state index contributed by atoms with van der Waals surface area (Å²) in [6, 6.07) is 0. The van der Waals surface area contributed by atoms with E-state index in [4.69, 9.17) is 9.31 Å². The smallest absolute Gasteiger partial charge is 0.403 e. The Morgan fingerprint density at radius 3 is 1.78 bits per heavy atom. The van der Waals surface area contributed by atoms with E-state index in [0.717, 1.165) is 0 Å². The zero-order valence-corrected chi connectivity index (χ0v) is 13.3. The van der Waals surface area contributed by atoms with Crippen molar-refractivity contribution in [2.24, 2.45) is 0 Å². The Labute approximate surface area is 111 Å². The van der Waals surface area contributed by atoms with Gasteiger partial charge in [-0.2, -0.15) is 0 Å². The fourth-order valence-corrected chi connectivity index (χ4v) is 2.63. The quantitative estimate of drug-likeness (QED) is 0.739. The topological polar surface area (TPSA) is 52.6 Å². The molecular formula is C12H25BO4S. The molecule has 0 N–H and O–H groups in total. The van der Waals surface area contributed by atoms with E-state index in [0.29, 0.717) is 6.42 Å². The van der Waals surface area contributed by atoms with E-state index in [1.54, 1.807) is 0 Å². The maximum Gasteiger partial charge on any atom is 0.463 e. The maximum atomic E-state index is 11.3. The zero-order chi connectivity index (χ0) is 14.4. The summed E-state index contributed by atoms with van der Waals surface area (Å²) in [6.07, 6.45) is 1.79. The van der Waals surface area contributed by atoms with Crippen molar-refractivity contribution in [1.82, 2.24) is 0 Å². The Hall–Kier alpha value is -0.0651. The highest BCUT2D eigenvalue weighted by Crippen LogP contribution is 2.46. The molecule has 18 heavy (non-hydrogen) atoms. The maximum absolute atomic E-state index is 11.3. The van der Waals surface area contributed by atoms with Crippen LogP contribution in [0.1, 0.15) is 48.0 Å². The minimum atomic E-state index is -2.96. The average Bonchev–Trinajstić information content (AvgIpc) is 2.33. The lowest BCUT2D eigenvalue weighted by Gasteiger charge is -2.32. The highest BCUT2D eigenvalue weighted by Gasteiger charge is 2.56. The second-order valence-electron chi connectivity index (χ2n) is 6.96. The third-order valence-electron chi connectivity index (χ3n) is 4.01. The van der Waals surface area contributed by atoms with Crippen LogP contribution in [0.3, 0.4) is 0 Å². The van der Waals surface area contributed by atoms with Crippen molar-refractivity contribution in [3.63, 3.8) is 0 Å². The van der Waals surface area contributed by atoms with Crippen molar-refractivity contribution < 1.29 is 17.7 Å². The third kappa shape index (κ3) is 3.49. The highest BCUT2D eigenvalue weighted by molar-refractivity contribution is 7.90. The van der Waals surface area contributed by atoms with Crippen LogP contribution in [0.4, 0.5) is 0 Å². The summed E-state index contributed by atoms with van der Waals surface area (Å²) in [5, 5.41) is -0.325. The summed E-state index contributed by atoms with van der Waals surface area (Å²) in [6.45, 7) is 12.0. The molecule has 0 aromatic rings. The Morgan fingerprint density at radius 1 is 1.06 bits per heavy atom. The van der Waals surface area contributed by atoms with E-state index >= 15 is 0 Å². The molecule has 106 valence electrons. The standard InChI is InChI=1S/C12H25BO4S/c1-10(2,8-9-18(7,14)15)13-16-11(3,4)12(5,6)17-13/h8-9H2,1-7H3. The van der Waals surface area contributed by atoms with Crippen LogP contribution in [-0.2, 0) is 19.1 Å². The van der Waals surface area contributed by atoms with Crippen LogP contribution >= 0.6 is 0 Å². The second kappa shape index (κ2) is 4.49. The van der Waals surface area contributed by atoms with Gasteiger partial charge in [-0.1, -0.05) is 13.8 Å². The molecule has 1 fully saturated rings. The van der Waals surface area contributed by atoms with Crippen molar-refractivity contribution in [2.75, 3.05) is 12.0 Å². The molecule has 0 saturated carbocycles. The molecule has 0 unspecified atom stereocenters. The van der Waals surface area contributed by atoms with Crippen LogP contribution < -0.4 is 0 Å². The molecule has 1 aliphatic heterocycles. The van der Waals surface area contributed by atoms with Crippen LogP contribution in [0.5, 0.6) is 0 Å². The van der Waals surface area contributed by atoms with Crippen LogP contribution in [0.2, 0.25) is 5.31 Å². The first-order valence-electron chi connectivity index (χ1n) is 6.30. The summed E-state index contributed by atoms with van der Waals surface area (Å²) in [7, 11) is -3.33. The molecule has 0 radical (unpaired) electrons. The molecule has 0 amide bonds. The first-order valence-corrected chi connectivity index (χ1v) is 8.36. The van der Waals surface area contributed by atoms with Crippen LogP contribution in [0, 0.1) is 0 Å². The summed E-state index contributed by atoms with van der Waals surface area (Å²) in [5.74, 6) is 0.157. The van der Waals surface area contributed by atoms with Gasteiger partial charge in [0.15, 0.2) is 0 Å². The van der Waals surface area contributed by atoms with Gasteiger partial charge in [-0.15, -0.1) is 0 Å². The summed E-state index contributed by atoms with van der Waals surface area (Å²) in [4.78, 5) is 0. The van der Waals surface area contributed by atoms with Gasteiger partial charge in [-0.3, -0.25) is 0 Å². The molecule has 0 atom stereocenters. The SMILES string of the molecule is CC(C)(CCS(C)(=O)=O)B1OC(C)(C)C(C)(C)O1. The van der Waals surface area contributed by atoms with Crippen molar-refractivity contribution in [2.45, 2.75) is 64.5 Å². The molecule has 6 heteroatoms. The Morgan fingerprint density at radius 2 is 1.44 bits per heavy atom. The molecule has 0 aromatic carbocycles. The molecule has 0 aliphatic carbocycles. The monoisotopic (exact) mass is 276 g/mol. The second-order valence-corrected chi connectivity index (χ2v) is 9.22. The number of hydrogen-bond donors (Lipinski definition) is 0. The van der Waals surface area contributed by atoms with E-state index in [1.165, 1.54) is 6.26 Å². The minimum absolute atomic E-state index is 0.157. The van der Waals surface area contributed by atoms with Crippen LogP contribution in [-0.4, -0.2) is 38.7 Å². The van der Waals surface area contributed by atoms with E-state index in [-0.39, 0.29) is 29.4 Å². The molecular weight excluding hydrogens is 251 g/mol. The van der Waals surface area contributed by atoms with Gasteiger partial charge >= 0.3 is 7.12 Å². The Bertz CT molecular complexity index is 396. The lowest BCUT2D eigenvalue weighted by atomic mass is 9.58. The third-order valence-corrected chi connectivity index (χ3v) is 4.95. The first kappa shape index (κ1) is 16.0. The highest BCUT2D eigenvalue weighted by atomic mass is 32.2. The van der Waals surface area contributed by atoms with E-state index in [9.17, 15) is 8.42 Å². The van der Waals surface area contributed by atoms with Crippen LogP contribution in [0.15, 0.2) is 0 Å². The van der Waals surface area contributed by atoms with Crippen molar-refractivity contribution >= 4 is 17.0 Å². The summed E-state index contributed by atoms with van der Waals surface area (Å²) in [5.41, 5.74) is -0.750. The van der Waals surface area contributed by atoms with Gasteiger partial charge in [0, 0.05) is 17.3 Å². The summed E-state index contributed by atoms with van der Waals surface area (Å²) < 4.78 is 34.5. The first-order chi connectivity index (χ1) is 7.77. The zero-order valence-electron chi connectivity index (χ0n) is 12.5. The molecule has 1 saturated heterocycles. The molecule has 1 aliphatic rings. The van der Waals surface area contributed by atoms with Crippen molar-refractivity contribution in [3.8, 4) is 0 Å². The Balaban J connectivity index is 2.77. The van der Waals surface area contributed by atoms with Crippen molar-refractivity contribution in [3.05, 3.63) is 0 Å². The van der Waals surface area contributed by atoms with E-state index in [1.807, 2.05) is 41.5 Å². The van der Waals surface area contributed by atoms with E-state index in [2.05, 4.69) is 0 Å². The fourth-order valence-electron chi connectivity index (χ4n) is 1.73. The van der Waals surface area contributed by atoms with Gasteiger partial charge in [0.25, 0.3) is 0 Å². The normalized spacial score (nSPS) is 23.4. The molecule has 0 aromatic heterocycles. The average molecular weight is 276 g/mol. The predicted molar refractivity (Wildman–Crippen MR) is 74.5 cm³/mol. The van der Waals surface area contributed by atoms with Gasteiger partial charge in [0.05, 0.1) is 11.2 Å². The molecule has 0 bridgehead atoms. The van der Waals surface area contributed by atoms with Gasteiger partial charge < -0.3 is 9.31 Å². The number of sulfone groups is 1. The predicted octanol–water partition coefficient (Wildman–Crippen LogP) is 2.29. The molecule has 4 nitrogen and oxygen atoms in total. The van der Waals surface area contributed by atoms with Crippen molar-refractivity contribution in [1.29, 1.82) is 0 Å². The minimum Gasteiger partial charge on any atom is -0.403 e.